The number of carbonyl (C=O) groups is 1. The number of H-pyrrole nitrogens is 1. The summed E-state index contributed by atoms with van der Waals surface area (Å²) in [6, 6.07) is 9.96. The van der Waals surface area contributed by atoms with Gasteiger partial charge in [0.2, 0.25) is 17.6 Å². The minimum Gasteiger partial charge on any atom is -0.368 e. The minimum absolute atomic E-state index is 0.0857. The number of hydrogen-bond donors (Lipinski definition) is 0. The van der Waals surface area contributed by atoms with Gasteiger partial charge in [0.1, 0.15) is 5.82 Å². The van der Waals surface area contributed by atoms with E-state index in [1.165, 1.54) is 12.1 Å². The molecule has 1 amide bonds. The van der Waals surface area contributed by atoms with Crippen LogP contribution in [0.15, 0.2) is 53.3 Å². The molecule has 0 spiro atoms. The van der Waals surface area contributed by atoms with E-state index in [4.69, 9.17) is 4.52 Å². The number of benzene rings is 1. The van der Waals surface area contributed by atoms with Crippen molar-refractivity contribution in [2.75, 3.05) is 31.1 Å². The first kappa shape index (κ1) is 18.1. The number of hydrogen-bond acceptors (Lipinski definition) is 5. The zero-order valence-electron chi connectivity index (χ0n) is 15.3. The van der Waals surface area contributed by atoms with Gasteiger partial charge in [-0.3, -0.25) is 4.79 Å². The molecule has 1 aliphatic heterocycles. The average Bonchev–Trinajstić information content (AvgIpc) is 3.22. The van der Waals surface area contributed by atoms with E-state index >= 15 is 0 Å². The number of rotatable bonds is 5. The standard InChI is InChI=1S/C20H20FN5O2/c21-16-3-1-15(2-4-16)20-23-18(28-24-20)5-6-19(27)26-13-11-25(12-14-26)17-7-9-22-10-8-17/h1-4,7-10H,5-6,11-14H2/p+1. The van der Waals surface area contributed by atoms with Crippen molar-refractivity contribution in [3.8, 4) is 11.4 Å². The fourth-order valence-corrected chi connectivity index (χ4v) is 3.25. The number of aromatic amines is 1. The molecule has 1 saturated heterocycles. The van der Waals surface area contributed by atoms with Crippen LogP contribution in [0.25, 0.3) is 11.4 Å². The van der Waals surface area contributed by atoms with Gasteiger partial charge in [-0.2, -0.15) is 4.98 Å². The molecule has 0 atom stereocenters. The van der Waals surface area contributed by atoms with E-state index in [0.717, 1.165) is 18.8 Å². The van der Waals surface area contributed by atoms with Gasteiger partial charge in [0.15, 0.2) is 12.4 Å². The number of nitrogens with one attached hydrogen (secondary N) is 1. The van der Waals surface area contributed by atoms with Crippen molar-refractivity contribution in [1.29, 1.82) is 0 Å². The van der Waals surface area contributed by atoms with Crippen molar-refractivity contribution < 1.29 is 18.7 Å². The largest absolute Gasteiger partial charge is 0.368 e. The third-order valence-corrected chi connectivity index (χ3v) is 4.82. The zero-order chi connectivity index (χ0) is 19.3. The molecule has 1 aromatic carbocycles. The normalized spacial score (nSPS) is 14.3. The molecular weight excluding hydrogens is 361 g/mol. The molecule has 28 heavy (non-hydrogen) atoms. The summed E-state index contributed by atoms with van der Waals surface area (Å²) in [4.78, 5) is 24.0. The first-order chi connectivity index (χ1) is 13.7. The number of carbonyl (C=O) groups excluding carboxylic acids is 1. The Balaban J connectivity index is 1.28. The summed E-state index contributed by atoms with van der Waals surface area (Å²) < 4.78 is 18.2. The maximum atomic E-state index is 13.0. The third-order valence-electron chi connectivity index (χ3n) is 4.82. The summed E-state index contributed by atoms with van der Waals surface area (Å²) in [6.45, 7) is 3.01. The predicted octanol–water partition coefficient (Wildman–Crippen LogP) is 1.97. The van der Waals surface area contributed by atoms with Crippen molar-refractivity contribution in [3.05, 3.63) is 60.5 Å². The molecule has 2 aromatic heterocycles. The van der Waals surface area contributed by atoms with Crippen LogP contribution in [-0.2, 0) is 11.2 Å². The smallest absolute Gasteiger partial charge is 0.227 e. The van der Waals surface area contributed by atoms with Gasteiger partial charge < -0.3 is 14.3 Å². The van der Waals surface area contributed by atoms with Gasteiger partial charge in [0.05, 0.1) is 0 Å². The quantitative estimate of drug-likeness (QED) is 0.674. The van der Waals surface area contributed by atoms with Crippen molar-refractivity contribution in [2.45, 2.75) is 12.8 Å². The SMILES string of the molecule is O=C(CCc1nc(-c2ccc(F)cc2)no1)N1CCN(c2cc[nH+]cc2)CC1. The van der Waals surface area contributed by atoms with Gasteiger partial charge >= 0.3 is 0 Å². The molecule has 144 valence electrons. The van der Waals surface area contributed by atoms with E-state index in [-0.39, 0.29) is 11.7 Å². The second-order valence-electron chi connectivity index (χ2n) is 6.64. The van der Waals surface area contributed by atoms with E-state index < -0.39 is 0 Å². The van der Waals surface area contributed by atoms with Crippen molar-refractivity contribution in [2.24, 2.45) is 0 Å². The molecule has 0 radical (unpaired) electrons. The highest BCUT2D eigenvalue weighted by Gasteiger charge is 2.22. The Morgan fingerprint density at radius 3 is 2.50 bits per heavy atom. The number of halogens is 1. The lowest BCUT2D eigenvalue weighted by Gasteiger charge is -2.35. The molecule has 7 nitrogen and oxygen atoms in total. The highest BCUT2D eigenvalue weighted by Crippen LogP contribution is 2.18. The number of piperazine rings is 1. The van der Waals surface area contributed by atoms with Crippen LogP contribution in [0.5, 0.6) is 0 Å². The predicted molar refractivity (Wildman–Crippen MR) is 99.8 cm³/mol. The highest BCUT2D eigenvalue weighted by molar-refractivity contribution is 5.76. The van der Waals surface area contributed by atoms with Crippen LogP contribution in [0, 0.1) is 5.82 Å². The van der Waals surface area contributed by atoms with Gasteiger partial charge in [-0.1, -0.05) is 5.16 Å². The van der Waals surface area contributed by atoms with Crippen LogP contribution in [0.3, 0.4) is 0 Å². The number of anilines is 1. The molecule has 0 aliphatic carbocycles. The van der Waals surface area contributed by atoms with E-state index in [2.05, 4.69) is 20.0 Å². The minimum atomic E-state index is -0.316. The van der Waals surface area contributed by atoms with Crippen LogP contribution >= 0.6 is 0 Å². The highest BCUT2D eigenvalue weighted by atomic mass is 19.1. The average molecular weight is 382 g/mol. The molecule has 3 heterocycles. The van der Waals surface area contributed by atoms with Gasteiger partial charge in [-0.25, -0.2) is 9.37 Å². The molecule has 3 aromatic rings. The van der Waals surface area contributed by atoms with E-state index in [1.807, 2.05) is 29.4 Å². The maximum absolute atomic E-state index is 13.0. The Kier molecular flexibility index (Phi) is 5.27. The Morgan fingerprint density at radius 1 is 1.07 bits per heavy atom. The van der Waals surface area contributed by atoms with Crippen LogP contribution in [0.2, 0.25) is 0 Å². The van der Waals surface area contributed by atoms with Crippen LogP contribution in [-0.4, -0.2) is 47.1 Å². The van der Waals surface area contributed by atoms with Crippen molar-refractivity contribution in [1.82, 2.24) is 15.0 Å². The first-order valence-corrected chi connectivity index (χ1v) is 9.26. The Labute approximate surface area is 161 Å². The van der Waals surface area contributed by atoms with Crippen LogP contribution < -0.4 is 9.88 Å². The maximum Gasteiger partial charge on any atom is 0.227 e. The van der Waals surface area contributed by atoms with Crippen LogP contribution in [0.4, 0.5) is 10.1 Å². The Morgan fingerprint density at radius 2 is 1.79 bits per heavy atom. The molecule has 8 heteroatoms. The van der Waals surface area contributed by atoms with E-state index in [0.29, 0.717) is 43.2 Å². The molecule has 0 bridgehead atoms. The van der Waals surface area contributed by atoms with Gasteiger partial charge in [-0.05, 0) is 24.3 Å². The molecule has 0 unspecified atom stereocenters. The fourth-order valence-electron chi connectivity index (χ4n) is 3.25. The summed E-state index contributed by atoms with van der Waals surface area (Å²) in [7, 11) is 0. The topological polar surface area (TPSA) is 76.6 Å². The number of aromatic nitrogens is 3. The van der Waals surface area contributed by atoms with Crippen LogP contribution in [0.1, 0.15) is 12.3 Å². The lowest BCUT2D eigenvalue weighted by atomic mass is 10.2. The lowest BCUT2D eigenvalue weighted by Crippen LogP contribution is -2.48. The summed E-state index contributed by atoms with van der Waals surface area (Å²) >= 11 is 0. The number of amides is 1. The van der Waals surface area contributed by atoms with Crippen molar-refractivity contribution >= 4 is 11.6 Å². The Hall–Kier alpha value is -3.29. The lowest BCUT2D eigenvalue weighted by molar-refractivity contribution is -0.377. The molecule has 4 rings (SSSR count). The molecular formula is C20H21FN5O2+. The van der Waals surface area contributed by atoms with Gasteiger partial charge in [-0.15, -0.1) is 0 Å². The number of nitrogens with zero attached hydrogens (tertiary/aromatic N) is 4. The fraction of sp³-hybridized carbons (Fsp3) is 0.300. The summed E-state index contributed by atoms with van der Waals surface area (Å²) in [5.74, 6) is 0.578. The van der Waals surface area contributed by atoms with Crippen molar-refractivity contribution in [3.63, 3.8) is 0 Å². The monoisotopic (exact) mass is 382 g/mol. The van der Waals surface area contributed by atoms with Gasteiger partial charge in [0.25, 0.3) is 0 Å². The molecule has 1 aliphatic rings. The number of pyridine rings is 1. The summed E-state index contributed by atoms with van der Waals surface area (Å²) in [5.41, 5.74) is 1.84. The Bertz CT molecular complexity index is 921. The van der Waals surface area contributed by atoms with E-state index in [1.54, 1.807) is 12.1 Å². The second-order valence-corrected chi connectivity index (χ2v) is 6.64. The summed E-state index contributed by atoms with van der Waals surface area (Å²) in [5, 5.41) is 3.91. The second kappa shape index (κ2) is 8.16. The molecule has 1 fully saturated rings. The zero-order valence-corrected chi connectivity index (χ0v) is 15.3. The molecule has 0 saturated carbocycles. The van der Waals surface area contributed by atoms with Gasteiger partial charge in [0, 0.05) is 62.4 Å². The molecule has 1 N–H and O–H groups in total. The van der Waals surface area contributed by atoms with E-state index in [9.17, 15) is 9.18 Å². The summed E-state index contributed by atoms with van der Waals surface area (Å²) in [6.07, 6.45) is 4.52. The third kappa shape index (κ3) is 4.16. The number of aryl methyl sites for hydroxylation is 1. The first-order valence-electron chi connectivity index (χ1n) is 9.26.